The fourth-order valence-corrected chi connectivity index (χ4v) is 1.66. The van der Waals surface area contributed by atoms with Gasteiger partial charge < -0.3 is 10.5 Å². The molecule has 6 heteroatoms. The van der Waals surface area contributed by atoms with E-state index in [1.807, 2.05) is 0 Å². The molecule has 0 bridgehead atoms. The molecule has 0 aliphatic rings. The van der Waals surface area contributed by atoms with Gasteiger partial charge in [-0.1, -0.05) is 0 Å². The minimum Gasteiger partial charge on any atom is -0.363 e. The van der Waals surface area contributed by atoms with E-state index < -0.39 is 18.9 Å². The molecule has 0 saturated heterocycles. The normalized spacial score (nSPS) is 14.3. The molecule has 1 aromatic heterocycles. The summed E-state index contributed by atoms with van der Waals surface area (Å²) in [7, 11) is 0. The number of nitrogens with two attached hydrogens (primary N) is 1. The highest BCUT2D eigenvalue weighted by Crippen LogP contribution is 2.23. The molecule has 1 aromatic rings. The second-order valence-electron chi connectivity index (χ2n) is 2.71. The summed E-state index contributed by atoms with van der Waals surface area (Å²) < 4.78 is 40.1. The van der Waals surface area contributed by atoms with Crippen LogP contribution < -0.4 is 5.73 Å². The van der Waals surface area contributed by atoms with E-state index in [4.69, 9.17) is 5.73 Å². The number of alkyl halides is 3. The number of ether oxygens (including phenoxy) is 1. The molecule has 1 rings (SSSR count). The molecule has 0 amide bonds. The van der Waals surface area contributed by atoms with Crippen LogP contribution in [-0.2, 0) is 4.74 Å². The lowest BCUT2D eigenvalue weighted by molar-refractivity contribution is -0.185. The van der Waals surface area contributed by atoms with Crippen molar-refractivity contribution in [3.8, 4) is 0 Å². The van der Waals surface area contributed by atoms with Gasteiger partial charge in [0, 0.05) is 6.54 Å². The first-order valence-electron chi connectivity index (χ1n) is 3.93. The average Bonchev–Trinajstić information content (AvgIpc) is 2.56. The lowest BCUT2D eigenvalue weighted by Crippen LogP contribution is -2.23. The highest BCUT2D eigenvalue weighted by molar-refractivity contribution is 7.07. The molecule has 0 aromatic carbocycles. The van der Waals surface area contributed by atoms with Crippen molar-refractivity contribution >= 4 is 11.3 Å². The maximum Gasteiger partial charge on any atom is 0.411 e. The molecule has 1 atom stereocenters. The van der Waals surface area contributed by atoms with Crippen LogP contribution in [0, 0.1) is 0 Å². The van der Waals surface area contributed by atoms with E-state index in [9.17, 15) is 13.2 Å². The van der Waals surface area contributed by atoms with E-state index in [0.29, 0.717) is 5.56 Å². The SMILES string of the molecule is NCC(OCC(F)(F)F)c1ccsc1. The number of rotatable bonds is 4. The summed E-state index contributed by atoms with van der Waals surface area (Å²) in [5.41, 5.74) is 6.00. The number of halogens is 3. The van der Waals surface area contributed by atoms with Crippen LogP contribution in [0.1, 0.15) is 11.7 Å². The third-order valence-electron chi connectivity index (χ3n) is 1.58. The quantitative estimate of drug-likeness (QED) is 0.853. The largest absolute Gasteiger partial charge is 0.411 e. The first-order valence-corrected chi connectivity index (χ1v) is 4.87. The fourth-order valence-electron chi connectivity index (χ4n) is 0.954. The van der Waals surface area contributed by atoms with Gasteiger partial charge in [-0.15, -0.1) is 0 Å². The molecule has 80 valence electrons. The zero-order valence-corrected chi connectivity index (χ0v) is 8.07. The Labute approximate surface area is 83.5 Å². The van der Waals surface area contributed by atoms with Gasteiger partial charge in [-0.25, -0.2) is 0 Å². The number of hydrogen-bond acceptors (Lipinski definition) is 3. The predicted octanol–water partition coefficient (Wildman–Crippen LogP) is 2.33. The molecule has 1 unspecified atom stereocenters. The van der Waals surface area contributed by atoms with E-state index in [1.165, 1.54) is 11.3 Å². The van der Waals surface area contributed by atoms with Gasteiger partial charge >= 0.3 is 6.18 Å². The number of thiophene rings is 1. The molecule has 14 heavy (non-hydrogen) atoms. The maximum atomic E-state index is 11.8. The molecule has 0 fully saturated rings. The summed E-state index contributed by atoms with van der Waals surface area (Å²) in [5.74, 6) is 0. The Morgan fingerprint density at radius 3 is 2.64 bits per heavy atom. The van der Waals surface area contributed by atoms with Crippen molar-refractivity contribution in [2.45, 2.75) is 12.3 Å². The van der Waals surface area contributed by atoms with Gasteiger partial charge in [0.25, 0.3) is 0 Å². The smallest absolute Gasteiger partial charge is 0.363 e. The zero-order valence-electron chi connectivity index (χ0n) is 7.25. The second-order valence-corrected chi connectivity index (χ2v) is 3.49. The molecule has 0 saturated carbocycles. The predicted molar refractivity (Wildman–Crippen MR) is 48.1 cm³/mol. The van der Waals surface area contributed by atoms with Gasteiger partial charge in [-0.05, 0) is 22.4 Å². The summed E-state index contributed by atoms with van der Waals surface area (Å²) in [6, 6.07) is 1.71. The molecular weight excluding hydrogens is 215 g/mol. The second kappa shape index (κ2) is 4.77. The Morgan fingerprint density at radius 2 is 2.21 bits per heavy atom. The topological polar surface area (TPSA) is 35.2 Å². The summed E-state index contributed by atoms with van der Waals surface area (Å²) >= 11 is 1.40. The zero-order chi connectivity index (χ0) is 10.6. The lowest BCUT2D eigenvalue weighted by Gasteiger charge is -2.15. The van der Waals surface area contributed by atoms with Crippen molar-refractivity contribution in [2.24, 2.45) is 5.73 Å². The summed E-state index contributed by atoms with van der Waals surface area (Å²) in [5, 5.41) is 3.50. The van der Waals surface area contributed by atoms with Gasteiger partial charge in [0.15, 0.2) is 0 Å². The molecule has 0 aliphatic heterocycles. The van der Waals surface area contributed by atoms with Crippen molar-refractivity contribution in [3.63, 3.8) is 0 Å². The van der Waals surface area contributed by atoms with E-state index >= 15 is 0 Å². The first kappa shape index (κ1) is 11.5. The van der Waals surface area contributed by atoms with Crippen molar-refractivity contribution < 1.29 is 17.9 Å². The van der Waals surface area contributed by atoms with E-state index in [-0.39, 0.29) is 6.54 Å². The van der Waals surface area contributed by atoms with E-state index in [0.717, 1.165) is 0 Å². The van der Waals surface area contributed by atoms with Crippen LogP contribution in [0.3, 0.4) is 0 Å². The molecule has 1 heterocycles. The van der Waals surface area contributed by atoms with Crippen LogP contribution in [0.25, 0.3) is 0 Å². The molecule has 0 radical (unpaired) electrons. The summed E-state index contributed by atoms with van der Waals surface area (Å²) in [6.45, 7) is -1.21. The van der Waals surface area contributed by atoms with Crippen LogP contribution in [0.15, 0.2) is 16.8 Å². The Hall–Kier alpha value is -0.590. The van der Waals surface area contributed by atoms with Crippen LogP contribution in [0.2, 0.25) is 0 Å². The fraction of sp³-hybridized carbons (Fsp3) is 0.500. The van der Waals surface area contributed by atoms with Crippen LogP contribution in [0.5, 0.6) is 0 Å². The van der Waals surface area contributed by atoms with E-state index in [1.54, 1.807) is 16.8 Å². The molecular formula is C8H10F3NOS. The van der Waals surface area contributed by atoms with Gasteiger partial charge in [0.2, 0.25) is 0 Å². The highest BCUT2D eigenvalue weighted by Gasteiger charge is 2.29. The first-order chi connectivity index (χ1) is 6.53. The van der Waals surface area contributed by atoms with Gasteiger partial charge in [-0.3, -0.25) is 0 Å². The van der Waals surface area contributed by atoms with Crippen LogP contribution in [-0.4, -0.2) is 19.3 Å². The Kier molecular flexibility index (Phi) is 3.91. The van der Waals surface area contributed by atoms with Crippen molar-refractivity contribution in [1.82, 2.24) is 0 Å². The standard InChI is InChI=1S/C8H10F3NOS/c9-8(10,11)5-13-7(3-12)6-1-2-14-4-6/h1-2,4,7H,3,5,12H2. The van der Waals surface area contributed by atoms with Crippen molar-refractivity contribution in [1.29, 1.82) is 0 Å². The highest BCUT2D eigenvalue weighted by atomic mass is 32.1. The summed E-state index contributed by atoms with van der Waals surface area (Å²) in [6.07, 6.45) is -4.97. The molecule has 2 nitrogen and oxygen atoms in total. The molecule has 0 aliphatic carbocycles. The van der Waals surface area contributed by atoms with Crippen molar-refractivity contribution in [2.75, 3.05) is 13.2 Å². The molecule has 2 N–H and O–H groups in total. The third-order valence-corrected chi connectivity index (χ3v) is 2.28. The lowest BCUT2D eigenvalue weighted by atomic mass is 10.2. The van der Waals surface area contributed by atoms with Crippen LogP contribution in [0.4, 0.5) is 13.2 Å². The average molecular weight is 225 g/mol. The summed E-state index contributed by atoms with van der Waals surface area (Å²) in [4.78, 5) is 0. The van der Waals surface area contributed by atoms with Gasteiger partial charge in [0.1, 0.15) is 6.61 Å². The minimum absolute atomic E-state index is 0.0484. The van der Waals surface area contributed by atoms with Gasteiger partial charge in [-0.2, -0.15) is 24.5 Å². The number of hydrogen-bond donors (Lipinski definition) is 1. The monoisotopic (exact) mass is 225 g/mol. The van der Waals surface area contributed by atoms with Gasteiger partial charge in [0.05, 0.1) is 6.10 Å². The minimum atomic E-state index is -4.30. The third kappa shape index (κ3) is 3.65. The van der Waals surface area contributed by atoms with Crippen molar-refractivity contribution in [3.05, 3.63) is 22.4 Å². The Bertz CT molecular complexity index is 260. The maximum absolute atomic E-state index is 11.8. The Balaban J connectivity index is 2.49. The molecule has 0 spiro atoms. The van der Waals surface area contributed by atoms with Crippen LogP contribution >= 0.6 is 11.3 Å². The Morgan fingerprint density at radius 1 is 1.50 bits per heavy atom. The van der Waals surface area contributed by atoms with E-state index in [2.05, 4.69) is 4.74 Å².